The zero-order chi connectivity index (χ0) is 12.4. The van der Waals surface area contributed by atoms with Crippen LogP contribution in [0.25, 0.3) is 11.1 Å². The zero-order valence-corrected chi connectivity index (χ0v) is 9.83. The van der Waals surface area contributed by atoms with Crippen molar-refractivity contribution in [2.75, 3.05) is 12.8 Å². The average Bonchev–Trinajstić information content (AvgIpc) is 2.32. The van der Waals surface area contributed by atoms with E-state index < -0.39 is 0 Å². The molecule has 17 heavy (non-hydrogen) atoms. The van der Waals surface area contributed by atoms with E-state index in [9.17, 15) is 4.39 Å². The van der Waals surface area contributed by atoms with Gasteiger partial charge in [-0.05, 0) is 48.4 Å². The summed E-state index contributed by atoms with van der Waals surface area (Å²) < 4.78 is 18.9. The van der Waals surface area contributed by atoms with Crippen LogP contribution < -0.4 is 10.5 Å². The first-order chi connectivity index (χ1) is 8.11. The van der Waals surface area contributed by atoms with Gasteiger partial charge >= 0.3 is 0 Å². The quantitative estimate of drug-likeness (QED) is 0.804. The van der Waals surface area contributed by atoms with Crippen LogP contribution in [0.4, 0.5) is 10.1 Å². The van der Waals surface area contributed by atoms with Gasteiger partial charge < -0.3 is 10.5 Å². The fourth-order valence-electron chi connectivity index (χ4n) is 1.81. The molecule has 0 aromatic heterocycles. The molecule has 0 aliphatic heterocycles. The molecule has 0 aliphatic carbocycles. The van der Waals surface area contributed by atoms with Crippen LogP contribution in [0.3, 0.4) is 0 Å². The molecule has 0 saturated carbocycles. The fraction of sp³-hybridized carbons (Fsp3) is 0.143. The molecule has 88 valence electrons. The molecule has 0 aliphatic rings. The van der Waals surface area contributed by atoms with E-state index in [0.717, 1.165) is 16.9 Å². The largest absolute Gasteiger partial charge is 0.496 e. The first-order valence-electron chi connectivity index (χ1n) is 5.32. The molecule has 0 heterocycles. The number of hydrogen-bond acceptors (Lipinski definition) is 2. The van der Waals surface area contributed by atoms with Gasteiger partial charge in [-0.1, -0.05) is 6.07 Å². The van der Waals surface area contributed by atoms with Crippen molar-refractivity contribution < 1.29 is 9.13 Å². The predicted octanol–water partition coefficient (Wildman–Crippen LogP) is 3.39. The Labute approximate surface area is 99.8 Å². The van der Waals surface area contributed by atoms with E-state index in [0.29, 0.717) is 11.3 Å². The summed E-state index contributed by atoms with van der Waals surface area (Å²) in [6.07, 6.45) is 0. The van der Waals surface area contributed by atoms with E-state index in [-0.39, 0.29) is 5.82 Å². The molecule has 0 saturated heterocycles. The molecule has 0 unspecified atom stereocenters. The van der Waals surface area contributed by atoms with Gasteiger partial charge in [0, 0.05) is 11.3 Å². The summed E-state index contributed by atoms with van der Waals surface area (Å²) >= 11 is 0. The Morgan fingerprint density at radius 2 is 1.88 bits per heavy atom. The maximum Gasteiger partial charge on any atom is 0.131 e. The maximum atomic E-state index is 13.7. The number of hydrogen-bond donors (Lipinski definition) is 1. The molecule has 0 bridgehead atoms. The van der Waals surface area contributed by atoms with Crippen molar-refractivity contribution in [3.63, 3.8) is 0 Å². The molecule has 0 atom stereocenters. The lowest BCUT2D eigenvalue weighted by molar-refractivity contribution is 0.412. The molecule has 0 amide bonds. The zero-order valence-electron chi connectivity index (χ0n) is 9.83. The first-order valence-corrected chi connectivity index (χ1v) is 5.32. The van der Waals surface area contributed by atoms with Crippen LogP contribution in [0.5, 0.6) is 5.75 Å². The van der Waals surface area contributed by atoms with Crippen molar-refractivity contribution >= 4 is 5.69 Å². The molecular weight excluding hydrogens is 217 g/mol. The summed E-state index contributed by atoms with van der Waals surface area (Å²) in [4.78, 5) is 0. The van der Waals surface area contributed by atoms with Crippen molar-refractivity contribution in [3.05, 3.63) is 47.8 Å². The Hall–Kier alpha value is -2.03. The van der Waals surface area contributed by atoms with E-state index in [1.807, 2.05) is 25.1 Å². The summed E-state index contributed by atoms with van der Waals surface area (Å²) in [5.74, 6) is 0.516. The second-order valence-corrected chi connectivity index (χ2v) is 3.92. The normalized spacial score (nSPS) is 10.3. The Kier molecular flexibility index (Phi) is 3.00. The summed E-state index contributed by atoms with van der Waals surface area (Å²) in [5, 5.41) is 0. The molecule has 0 fully saturated rings. The van der Waals surface area contributed by atoms with Crippen molar-refractivity contribution in [1.29, 1.82) is 0 Å². The molecule has 2 rings (SSSR count). The van der Waals surface area contributed by atoms with Crippen molar-refractivity contribution in [1.82, 2.24) is 0 Å². The maximum absolute atomic E-state index is 13.7. The Bertz CT molecular complexity index is 552. The number of aryl methyl sites for hydroxylation is 1. The molecule has 2 nitrogen and oxygen atoms in total. The Morgan fingerprint density at radius 1 is 1.12 bits per heavy atom. The van der Waals surface area contributed by atoms with Crippen LogP contribution in [-0.4, -0.2) is 7.11 Å². The van der Waals surface area contributed by atoms with Crippen LogP contribution in [0, 0.1) is 12.7 Å². The molecule has 2 aromatic rings. The Balaban J connectivity index is 2.53. The summed E-state index contributed by atoms with van der Waals surface area (Å²) in [7, 11) is 1.61. The van der Waals surface area contributed by atoms with E-state index >= 15 is 0 Å². The molecule has 2 aromatic carbocycles. The number of methoxy groups -OCH3 is 1. The molecule has 0 radical (unpaired) electrons. The minimum atomic E-state index is -0.274. The molecule has 2 N–H and O–H groups in total. The van der Waals surface area contributed by atoms with Crippen LogP contribution >= 0.6 is 0 Å². The van der Waals surface area contributed by atoms with Crippen molar-refractivity contribution in [2.45, 2.75) is 6.92 Å². The minimum absolute atomic E-state index is 0.274. The number of benzene rings is 2. The Morgan fingerprint density at radius 3 is 2.53 bits per heavy atom. The third-order valence-electron chi connectivity index (χ3n) is 2.70. The summed E-state index contributed by atoms with van der Waals surface area (Å²) in [6, 6.07) is 10.1. The summed E-state index contributed by atoms with van der Waals surface area (Å²) in [5.41, 5.74) is 8.49. The van der Waals surface area contributed by atoms with Crippen LogP contribution in [-0.2, 0) is 0 Å². The second kappa shape index (κ2) is 4.45. The van der Waals surface area contributed by atoms with Crippen LogP contribution in [0.2, 0.25) is 0 Å². The number of anilines is 1. The van der Waals surface area contributed by atoms with Gasteiger partial charge in [-0.25, -0.2) is 4.39 Å². The van der Waals surface area contributed by atoms with Gasteiger partial charge in [0.2, 0.25) is 0 Å². The van der Waals surface area contributed by atoms with Gasteiger partial charge in [-0.15, -0.1) is 0 Å². The third kappa shape index (κ3) is 2.23. The predicted molar refractivity (Wildman–Crippen MR) is 67.5 cm³/mol. The first kappa shape index (κ1) is 11.5. The highest BCUT2D eigenvalue weighted by molar-refractivity contribution is 5.69. The molecular formula is C14H14FNO. The lowest BCUT2D eigenvalue weighted by atomic mass is 10.0. The average molecular weight is 231 g/mol. The fourth-order valence-corrected chi connectivity index (χ4v) is 1.81. The van der Waals surface area contributed by atoms with Crippen LogP contribution in [0.15, 0.2) is 36.4 Å². The van der Waals surface area contributed by atoms with Gasteiger partial charge in [0.05, 0.1) is 7.11 Å². The van der Waals surface area contributed by atoms with E-state index in [4.69, 9.17) is 10.5 Å². The second-order valence-electron chi connectivity index (χ2n) is 3.92. The standard InChI is InChI=1S/C14H14FNO/c1-9-7-10(3-6-14(9)17-2)12-8-11(16)4-5-13(12)15/h3-8H,16H2,1-2H3. The number of nitrogen functional groups attached to an aromatic ring is 1. The third-order valence-corrected chi connectivity index (χ3v) is 2.70. The van der Waals surface area contributed by atoms with E-state index in [1.54, 1.807) is 19.2 Å². The topological polar surface area (TPSA) is 35.2 Å². The summed E-state index contributed by atoms with van der Waals surface area (Å²) in [6.45, 7) is 1.92. The van der Waals surface area contributed by atoms with Crippen molar-refractivity contribution in [3.8, 4) is 16.9 Å². The highest BCUT2D eigenvalue weighted by Crippen LogP contribution is 2.29. The highest BCUT2D eigenvalue weighted by atomic mass is 19.1. The van der Waals surface area contributed by atoms with Crippen molar-refractivity contribution in [2.24, 2.45) is 0 Å². The van der Waals surface area contributed by atoms with Gasteiger partial charge in [-0.3, -0.25) is 0 Å². The highest BCUT2D eigenvalue weighted by Gasteiger charge is 2.07. The smallest absolute Gasteiger partial charge is 0.131 e. The number of rotatable bonds is 2. The number of ether oxygens (including phenoxy) is 1. The lowest BCUT2D eigenvalue weighted by Gasteiger charge is -2.09. The van der Waals surface area contributed by atoms with E-state index in [2.05, 4.69) is 0 Å². The number of halogens is 1. The molecule has 3 heteroatoms. The number of nitrogens with two attached hydrogens (primary N) is 1. The SMILES string of the molecule is COc1ccc(-c2cc(N)ccc2F)cc1C. The van der Waals surface area contributed by atoms with E-state index in [1.165, 1.54) is 6.07 Å². The van der Waals surface area contributed by atoms with Gasteiger partial charge in [0.25, 0.3) is 0 Å². The molecule has 0 spiro atoms. The lowest BCUT2D eigenvalue weighted by Crippen LogP contribution is -1.91. The van der Waals surface area contributed by atoms with Crippen LogP contribution in [0.1, 0.15) is 5.56 Å². The minimum Gasteiger partial charge on any atom is -0.496 e. The van der Waals surface area contributed by atoms with Gasteiger partial charge in [0.1, 0.15) is 11.6 Å². The van der Waals surface area contributed by atoms with Gasteiger partial charge in [0.15, 0.2) is 0 Å². The monoisotopic (exact) mass is 231 g/mol. The van der Waals surface area contributed by atoms with Gasteiger partial charge in [-0.2, -0.15) is 0 Å².